The van der Waals surface area contributed by atoms with Crippen molar-refractivity contribution in [1.29, 1.82) is 0 Å². The zero-order chi connectivity index (χ0) is 14.0. The molecule has 102 valence electrons. The summed E-state index contributed by atoms with van der Waals surface area (Å²) < 4.78 is 15.0. The van der Waals surface area contributed by atoms with Crippen molar-refractivity contribution in [1.82, 2.24) is 15.1 Å². The quantitative estimate of drug-likeness (QED) is 0.917. The minimum atomic E-state index is -0.181. The molecule has 3 nitrogen and oxygen atoms in total. The topological polar surface area (TPSA) is 29.9 Å². The molecular formula is C15H20FN3. The van der Waals surface area contributed by atoms with E-state index in [1.807, 2.05) is 44.9 Å². The number of rotatable bonds is 4. The van der Waals surface area contributed by atoms with Crippen molar-refractivity contribution in [2.24, 2.45) is 7.05 Å². The summed E-state index contributed by atoms with van der Waals surface area (Å²) in [6.07, 6.45) is 2.87. The van der Waals surface area contributed by atoms with Crippen molar-refractivity contribution in [3.63, 3.8) is 0 Å². The summed E-state index contributed by atoms with van der Waals surface area (Å²) in [5, 5.41) is 7.69. The van der Waals surface area contributed by atoms with Gasteiger partial charge < -0.3 is 5.32 Å². The van der Waals surface area contributed by atoms with E-state index in [4.69, 9.17) is 0 Å². The lowest BCUT2D eigenvalue weighted by atomic mass is 9.96. The van der Waals surface area contributed by atoms with E-state index in [2.05, 4.69) is 10.4 Å². The molecule has 0 aliphatic heterocycles. The third kappa shape index (κ3) is 3.01. The third-order valence-corrected chi connectivity index (χ3v) is 3.50. The van der Waals surface area contributed by atoms with Gasteiger partial charge in [0.15, 0.2) is 0 Å². The van der Waals surface area contributed by atoms with E-state index in [1.165, 1.54) is 11.6 Å². The van der Waals surface area contributed by atoms with E-state index in [0.29, 0.717) is 0 Å². The van der Waals surface area contributed by atoms with Gasteiger partial charge in [0.1, 0.15) is 5.82 Å². The van der Waals surface area contributed by atoms with E-state index in [-0.39, 0.29) is 11.9 Å². The van der Waals surface area contributed by atoms with Gasteiger partial charge in [0, 0.05) is 24.8 Å². The fourth-order valence-corrected chi connectivity index (χ4v) is 2.44. The lowest BCUT2D eigenvalue weighted by molar-refractivity contribution is 0.583. The summed E-state index contributed by atoms with van der Waals surface area (Å²) >= 11 is 0. The first-order valence-corrected chi connectivity index (χ1v) is 6.43. The average Bonchev–Trinajstić information content (AvgIpc) is 2.68. The van der Waals surface area contributed by atoms with E-state index >= 15 is 0 Å². The van der Waals surface area contributed by atoms with Crippen LogP contribution in [0.4, 0.5) is 4.39 Å². The highest BCUT2D eigenvalue weighted by Crippen LogP contribution is 2.22. The number of nitrogens with zero attached hydrogens (tertiary/aromatic N) is 2. The minimum absolute atomic E-state index is 0.181. The molecule has 0 spiro atoms. The zero-order valence-corrected chi connectivity index (χ0v) is 11.9. The van der Waals surface area contributed by atoms with Crippen LogP contribution in [0.2, 0.25) is 0 Å². The van der Waals surface area contributed by atoms with Gasteiger partial charge in [-0.15, -0.1) is 0 Å². The van der Waals surface area contributed by atoms with Crippen LogP contribution in [-0.2, 0) is 13.5 Å². The van der Waals surface area contributed by atoms with Crippen molar-refractivity contribution in [3.05, 3.63) is 52.6 Å². The van der Waals surface area contributed by atoms with Crippen molar-refractivity contribution in [2.75, 3.05) is 7.05 Å². The molecule has 0 aliphatic rings. The standard InChI is InChI=1S/C15H20FN3/c1-10-7-13(16)6-5-12(10)8-15(17-3)14-9-19(4)18-11(14)2/h5-7,9,15,17H,8H2,1-4H3. The molecule has 2 rings (SSSR count). The van der Waals surface area contributed by atoms with E-state index in [1.54, 1.807) is 6.07 Å². The molecular weight excluding hydrogens is 241 g/mol. The summed E-state index contributed by atoms with van der Waals surface area (Å²) in [7, 11) is 3.86. The first-order valence-electron chi connectivity index (χ1n) is 6.43. The number of hydrogen-bond acceptors (Lipinski definition) is 2. The van der Waals surface area contributed by atoms with Gasteiger partial charge in [-0.25, -0.2) is 4.39 Å². The Balaban J connectivity index is 2.26. The van der Waals surface area contributed by atoms with Crippen molar-refractivity contribution >= 4 is 0 Å². The lowest BCUT2D eigenvalue weighted by Crippen LogP contribution is -2.19. The molecule has 0 bridgehead atoms. The Labute approximate surface area is 113 Å². The molecule has 0 amide bonds. The maximum Gasteiger partial charge on any atom is 0.123 e. The van der Waals surface area contributed by atoms with E-state index in [0.717, 1.165) is 23.2 Å². The summed E-state index contributed by atoms with van der Waals surface area (Å²) in [6, 6.07) is 5.15. The number of aryl methyl sites for hydroxylation is 3. The minimum Gasteiger partial charge on any atom is -0.313 e. The number of benzene rings is 1. The van der Waals surface area contributed by atoms with Crippen LogP contribution in [0.25, 0.3) is 0 Å². The molecule has 19 heavy (non-hydrogen) atoms. The first kappa shape index (κ1) is 13.7. The molecule has 0 saturated heterocycles. The van der Waals surface area contributed by atoms with Gasteiger partial charge in [-0.3, -0.25) is 4.68 Å². The van der Waals surface area contributed by atoms with Gasteiger partial charge in [-0.1, -0.05) is 6.07 Å². The maximum atomic E-state index is 13.1. The molecule has 0 radical (unpaired) electrons. The van der Waals surface area contributed by atoms with Gasteiger partial charge in [0.25, 0.3) is 0 Å². The molecule has 1 aromatic carbocycles. The Kier molecular flexibility index (Phi) is 4.00. The van der Waals surface area contributed by atoms with Gasteiger partial charge in [0.2, 0.25) is 0 Å². The SMILES string of the molecule is CNC(Cc1ccc(F)cc1C)c1cn(C)nc1C. The lowest BCUT2D eigenvalue weighted by Gasteiger charge is -2.17. The highest BCUT2D eigenvalue weighted by Gasteiger charge is 2.16. The second-order valence-corrected chi connectivity index (χ2v) is 4.96. The number of hydrogen-bond donors (Lipinski definition) is 1. The molecule has 0 saturated carbocycles. The van der Waals surface area contributed by atoms with Crippen molar-refractivity contribution in [2.45, 2.75) is 26.3 Å². The van der Waals surface area contributed by atoms with Crippen molar-refractivity contribution < 1.29 is 4.39 Å². The number of nitrogens with one attached hydrogen (secondary N) is 1. The molecule has 1 N–H and O–H groups in total. The summed E-state index contributed by atoms with van der Waals surface area (Å²) in [6.45, 7) is 3.96. The maximum absolute atomic E-state index is 13.1. The molecule has 1 heterocycles. The molecule has 2 aromatic rings. The van der Waals surface area contributed by atoms with Crippen LogP contribution in [0.1, 0.15) is 28.4 Å². The van der Waals surface area contributed by atoms with E-state index < -0.39 is 0 Å². The average molecular weight is 261 g/mol. The first-order chi connectivity index (χ1) is 9.01. The fourth-order valence-electron chi connectivity index (χ4n) is 2.44. The second kappa shape index (κ2) is 5.53. The predicted molar refractivity (Wildman–Crippen MR) is 74.6 cm³/mol. The van der Waals surface area contributed by atoms with Gasteiger partial charge in [-0.05, 0) is 50.6 Å². The Bertz CT molecular complexity index is 575. The Morgan fingerprint density at radius 2 is 2.11 bits per heavy atom. The normalized spacial score (nSPS) is 12.7. The predicted octanol–water partition coefficient (Wildman–Crippen LogP) is 2.68. The smallest absolute Gasteiger partial charge is 0.123 e. The molecule has 4 heteroatoms. The number of likely N-dealkylation sites (N-methyl/N-ethyl adjacent to an activating group) is 1. The highest BCUT2D eigenvalue weighted by atomic mass is 19.1. The number of aromatic nitrogens is 2. The Morgan fingerprint density at radius 3 is 2.63 bits per heavy atom. The van der Waals surface area contributed by atoms with Crippen molar-refractivity contribution in [3.8, 4) is 0 Å². The van der Waals surface area contributed by atoms with Gasteiger partial charge in [0.05, 0.1) is 5.69 Å². The van der Waals surface area contributed by atoms with Crippen LogP contribution >= 0.6 is 0 Å². The molecule has 0 aliphatic carbocycles. The van der Waals surface area contributed by atoms with Crippen LogP contribution < -0.4 is 5.32 Å². The Hall–Kier alpha value is -1.68. The van der Waals surface area contributed by atoms with Crippen LogP contribution in [0.5, 0.6) is 0 Å². The molecule has 1 unspecified atom stereocenters. The monoisotopic (exact) mass is 261 g/mol. The molecule has 1 aromatic heterocycles. The molecule has 0 fully saturated rings. The van der Waals surface area contributed by atoms with Gasteiger partial charge in [-0.2, -0.15) is 5.10 Å². The molecule has 1 atom stereocenters. The summed E-state index contributed by atoms with van der Waals surface area (Å²) in [5.41, 5.74) is 4.36. The van der Waals surface area contributed by atoms with Crippen LogP contribution in [0.15, 0.2) is 24.4 Å². The summed E-state index contributed by atoms with van der Waals surface area (Å²) in [5.74, 6) is -0.181. The second-order valence-electron chi connectivity index (χ2n) is 4.96. The largest absolute Gasteiger partial charge is 0.313 e. The highest BCUT2D eigenvalue weighted by molar-refractivity contribution is 5.30. The van der Waals surface area contributed by atoms with E-state index in [9.17, 15) is 4.39 Å². The summed E-state index contributed by atoms with van der Waals surface area (Å²) in [4.78, 5) is 0. The Morgan fingerprint density at radius 1 is 1.37 bits per heavy atom. The van der Waals surface area contributed by atoms with Gasteiger partial charge >= 0.3 is 0 Å². The third-order valence-electron chi connectivity index (χ3n) is 3.50. The van der Waals surface area contributed by atoms with Crippen LogP contribution in [0.3, 0.4) is 0 Å². The zero-order valence-electron chi connectivity index (χ0n) is 11.9. The van der Waals surface area contributed by atoms with Crippen LogP contribution in [-0.4, -0.2) is 16.8 Å². The van der Waals surface area contributed by atoms with Crippen LogP contribution in [0, 0.1) is 19.7 Å². The number of halogens is 1. The fraction of sp³-hybridized carbons (Fsp3) is 0.400.